The molecule has 0 spiro atoms. The van der Waals surface area contributed by atoms with E-state index in [0.717, 1.165) is 0 Å². The number of amides is 1. The van der Waals surface area contributed by atoms with Crippen molar-refractivity contribution >= 4 is 16.7 Å². The number of nitriles is 1. The molecule has 21 heavy (non-hydrogen) atoms. The smallest absolute Gasteiger partial charge is 0.254 e. The number of carbonyl (C=O) groups excluding carboxylic acids is 1. The molecule has 1 aliphatic rings. The first-order chi connectivity index (χ1) is 10.2. The predicted octanol–water partition coefficient (Wildman–Crippen LogP) is 2.34. The molecule has 0 saturated carbocycles. The Kier molecular flexibility index (Phi) is 3.55. The van der Waals surface area contributed by atoms with Crippen molar-refractivity contribution in [2.45, 2.75) is 6.10 Å². The largest absolute Gasteiger partial charge is 0.360 e. The highest BCUT2D eigenvalue weighted by atomic mass is 19.1. The lowest BCUT2D eigenvalue weighted by molar-refractivity contribution is 0.00356. The average Bonchev–Trinajstić information content (AvgIpc) is 2.55. The normalized spacial score (nSPS) is 18.5. The van der Waals surface area contributed by atoms with Crippen LogP contribution in [0, 0.1) is 17.1 Å². The number of benzene rings is 2. The summed E-state index contributed by atoms with van der Waals surface area (Å²) < 4.78 is 19.0. The summed E-state index contributed by atoms with van der Waals surface area (Å²) >= 11 is 0. The third kappa shape index (κ3) is 2.46. The Bertz CT molecular complexity index is 739. The number of nitrogens with zero attached hydrogens (tertiary/aromatic N) is 2. The van der Waals surface area contributed by atoms with Crippen molar-refractivity contribution in [2.75, 3.05) is 19.7 Å². The quantitative estimate of drug-likeness (QED) is 0.807. The molecule has 1 amide bonds. The number of rotatable bonds is 1. The molecular weight excluding hydrogens is 271 g/mol. The molecule has 0 bridgehead atoms. The average molecular weight is 284 g/mol. The number of halogens is 1. The second-order valence-corrected chi connectivity index (χ2v) is 4.88. The van der Waals surface area contributed by atoms with Gasteiger partial charge in [-0.15, -0.1) is 0 Å². The van der Waals surface area contributed by atoms with E-state index in [-0.39, 0.29) is 18.3 Å². The molecule has 5 heteroatoms. The number of morpholine rings is 1. The van der Waals surface area contributed by atoms with Gasteiger partial charge in [-0.05, 0) is 17.5 Å². The topological polar surface area (TPSA) is 53.3 Å². The van der Waals surface area contributed by atoms with E-state index in [0.29, 0.717) is 29.5 Å². The number of carbonyl (C=O) groups is 1. The molecular formula is C16H13FN2O2. The second kappa shape index (κ2) is 5.51. The van der Waals surface area contributed by atoms with Crippen LogP contribution >= 0.6 is 0 Å². The molecule has 1 saturated heterocycles. The summed E-state index contributed by atoms with van der Waals surface area (Å²) in [6.45, 7) is 1.01. The van der Waals surface area contributed by atoms with Gasteiger partial charge in [-0.3, -0.25) is 4.79 Å². The molecule has 0 N–H and O–H groups in total. The molecule has 1 atom stereocenters. The van der Waals surface area contributed by atoms with Crippen LogP contribution < -0.4 is 0 Å². The van der Waals surface area contributed by atoms with Crippen LogP contribution in [0.3, 0.4) is 0 Å². The van der Waals surface area contributed by atoms with Crippen LogP contribution in [0.15, 0.2) is 36.4 Å². The zero-order valence-electron chi connectivity index (χ0n) is 11.3. The summed E-state index contributed by atoms with van der Waals surface area (Å²) in [6, 6.07) is 11.7. The van der Waals surface area contributed by atoms with Gasteiger partial charge in [0, 0.05) is 17.5 Å². The molecule has 2 aromatic carbocycles. The first kappa shape index (κ1) is 13.5. The molecule has 1 unspecified atom stereocenters. The molecule has 4 nitrogen and oxygen atoms in total. The fourth-order valence-corrected chi connectivity index (χ4v) is 2.53. The van der Waals surface area contributed by atoms with Crippen molar-refractivity contribution in [1.82, 2.24) is 4.90 Å². The lowest BCUT2D eigenvalue weighted by Crippen LogP contribution is -2.45. The zero-order valence-corrected chi connectivity index (χ0v) is 11.3. The van der Waals surface area contributed by atoms with Crippen LogP contribution in [-0.2, 0) is 4.74 Å². The third-order valence-corrected chi connectivity index (χ3v) is 3.60. The number of hydrogen-bond donors (Lipinski definition) is 0. The predicted molar refractivity (Wildman–Crippen MR) is 75.2 cm³/mol. The highest BCUT2D eigenvalue weighted by molar-refractivity contribution is 6.07. The van der Waals surface area contributed by atoms with Gasteiger partial charge < -0.3 is 9.64 Å². The summed E-state index contributed by atoms with van der Waals surface area (Å²) in [6.07, 6.45) is -0.602. The van der Waals surface area contributed by atoms with Gasteiger partial charge in [0.1, 0.15) is 5.82 Å². The summed E-state index contributed by atoms with van der Waals surface area (Å²) in [5, 5.41) is 9.92. The van der Waals surface area contributed by atoms with Gasteiger partial charge in [-0.25, -0.2) is 4.39 Å². The van der Waals surface area contributed by atoms with Crippen LogP contribution in [0.1, 0.15) is 10.4 Å². The van der Waals surface area contributed by atoms with Crippen molar-refractivity contribution in [3.05, 3.63) is 47.8 Å². The van der Waals surface area contributed by atoms with Gasteiger partial charge >= 0.3 is 0 Å². The Hall–Kier alpha value is -2.45. The molecule has 1 aliphatic heterocycles. The SMILES string of the molecule is N#CC1CN(C(=O)c2ccc(F)c3ccccc23)CCO1. The van der Waals surface area contributed by atoms with Crippen LogP contribution in [0.4, 0.5) is 4.39 Å². The van der Waals surface area contributed by atoms with Crippen molar-refractivity contribution in [3.8, 4) is 6.07 Å². The lowest BCUT2D eigenvalue weighted by Gasteiger charge is -2.30. The first-order valence-electron chi connectivity index (χ1n) is 6.68. The van der Waals surface area contributed by atoms with E-state index in [1.807, 2.05) is 6.07 Å². The standard InChI is InChI=1S/C16H13FN2O2/c17-15-6-5-14(12-3-1-2-4-13(12)15)16(20)19-7-8-21-11(9-18)10-19/h1-6,11H,7-8,10H2. The molecule has 3 rings (SSSR count). The van der Waals surface area contributed by atoms with Gasteiger partial charge in [0.2, 0.25) is 0 Å². The van der Waals surface area contributed by atoms with Gasteiger partial charge in [0.25, 0.3) is 5.91 Å². The zero-order chi connectivity index (χ0) is 14.8. The Labute approximate surface area is 121 Å². The van der Waals surface area contributed by atoms with Crippen molar-refractivity contribution in [3.63, 3.8) is 0 Å². The Morgan fingerprint density at radius 2 is 2.05 bits per heavy atom. The van der Waals surface area contributed by atoms with Crippen molar-refractivity contribution in [1.29, 1.82) is 5.26 Å². The van der Waals surface area contributed by atoms with E-state index in [1.54, 1.807) is 29.2 Å². The van der Waals surface area contributed by atoms with Crippen LogP contribution in [0.2, 0.25) is 0 Å². The van der Waals surface area contributed by atoms with Gasteiger partial charge in [-0.2, -0.15) is 5.26 Å². The summed E-state index contributed by atoms with van der Waals surface area (Å²) in [5.41, 5.74) is 0.450. The van der Waals surface area contributed by atoms with Gasteiger partial charge in [-0.1, -0.05) is 24.3 Å². The minimum Gasteiger partial charge on any atom is -0.360 e. The van der Waals surface area contributed by atoms with E-state index < -0.39 is 6.10 Å². The number of fused-ring (bicyclic) bond motifs is 1. The minimum absolute atomic E-state index is 0.199. The summed E-state index contributed by atoms with van der Waals surface area (Å²) in [7, 11) is 0. The highest BCUT2D eigenvalue weighted by Crippen LogP contribution is 2.23. The maximum atomic E-state index is 13.8. The highest BCUT2D eigenvalue weighted by Gasteiger charge is 2.26. The summed E-state index contributed by atoms with van der Waals surface area (Å²) in [4.78, 5) is 14.2. The van der Waals surface area contributed by atoms with Gasteiger partial charge in [0.05, 0.1) is 19.2 Å². The van der Waals surface area contributed by atoms with Crippen molar-refractivity contribution in [2.24, 2.45) is 0 Å². The monoisotopic (exact) mass is 284 g/mol. The Balaban J connectivity index is 1.99. The maximum Gasteiger partial charge on any atom is 0.254 e. The van der Waals surface area contributed by atoms with Crippen LogP contribution in [0.5, 0.6) is 0 Å². The van der Waals surface area contributed by atoms with Crippen LogP contribution in [0.25, 0.3) is 10.8 Å². The molecule has 0 radical (unpaired) electrons. The first-order valence-corrected chi connectivity index (χ1v) is 6.68. The molecule has 2 aromatic rings. The Morgan fingerprint density at radius 1 is 1.29 bits per heavy atom. The van der Waals surface area contributed by atoms with E-state index >= 15 is 0 Å². The molecule has 0 aliphatic carbocycles. The van der Waals surface area contributed by atoms with E-state index in [1.165, 1.54) is 12.1 Å². The van der Waals surface area contributed by atoms with Crippen LogP contribution in [-0.4, -0.2) is 36.6 Å². The molecule has 106 valence electrons. The molecule has 1 heterocycles. The third-order valence-electron chi connectivity index (χ3n) is 3.60. The number of hydrogen-bond acceptors (Lipinski definition) is 3. The fraction of sp³-hybridized carbons (Fsp3) is 0.250. The summed E-state index contributed by atoms with van der Waals surface area (Å²) in [5.74, 6) is -0.547. The van der Waals surface area contributed by atoms with E-state index in [9.17, 15) is 9.18 Å². The lowest BCUT2D eigenvalue weighted by atomic mass is 10.0. The molecule has 0 aromatic heterocycles. The maximum absolute atomic E-state index is 13.8. The second-order valence-electron chi connectivity index (χ2n) is 4.88. The Morgan fingerprint density at radius 3 is 2.81 bits per heavy atom. The minimum atomic E-state index is -0.602. The van der Waals surface area contributed by atoms with Gasteiger partial charge in [0.15, 0.2) is 6.10 Å². The van der Waals surface area contributed by atoms with Crippen molar-refractivity contribution < 1.29 is 13.9 Å². The number of ether oxygens (including phenoxy) is 1. The molecule has 1 fully saturated rings. The van der Waals surface area contributed by atoms with E-state index in [2.05, 4.69) is 0 Å². The fourth-order valence-electron chi connectivity index (χ4n) is 2.53. The van der Waals surface area contributed by atoms with E-state index in [4.69, 9.17) is 10.00 Å².